The van der Waals surface area contributed by atoms with Crippen LogP contribution in [0.15, 0.2) is 48.5 Å². The second kappa shape index (κ2) is 10.5. The number of hydrogen-bond acceptors (Lipinski definition) is 4. The number of halogens is 1. The number of thiazole rings is 1. The molecule has 2 aromatic carbocycles. The van der Waals surface area contributed by atoms with Gasteiger partial charge in [0.05, 0.1) is 5.69 Å². The van der Waals surface area contributed by atoms with Crippen molar-refractivity contribution in [3.8, 4) is 10.6 Å². The van der Waals surface area contributed by atoms with Gasteiger partial charge in [-0.2, -0.15) is 0 Å². The molecule has 178 valence electrons. The van der Waals surface area contributed by atoms with Gasteiger partial charge in [0.2, 0.25) is 5.91 Å². The molecule has 3 aromatic rings. The minimum Gasteiger partial charge on any atom is -0.352 e. The fourth-order valence-corrected chi connectivity index (χ4v) is 5.48. The van der Waals surface area contributed by atoms with Crippen molar-refractivity contribution in [2.75, 3.05) is 13.1 Å². The summed E-state index contributed by atoms with van der Waals surface area (Å²) in [5, 5.41) is 3.78. The number of carbonyl (C=O) groups is 2. The van der Waals surface area contributed by atoms with E-state index >= 15 is 0 Å². The lowest BCUT2D eigenvalue weighted by atomic mass is 9.84. The number of aryl methyl sites for hydroxylation is 2. The van der Waals surface area contributed by atoms with Gasteiger partial charge in [0.15, 0.2) is 0 Å². The van der Waals surface area contributed by atoms with E-state index in [1.807, 2.05) is 43.9 Å². The molecule has 1 atom stereocenters. The summed E-state index contributed by atoms with van der Waals surface area (Å²) in [6.07, 6.45) is 1.60. The molecule has 7 heteroatoms. The van der Waals surface area contributed by atoms with E-state index < -0.39 is 0 Å². The summed E-state index contributed by atoms with van der Waals surface area (Å²) in [5.74, 6) is -0.0997. The molecular formula is C27H30FN3O2S. The third-order valence-corrected chi connectivity index (χ3v) is 7.77. The van der Waals surface area contributed by atoms with Crippen molar-refractivity contribution in [2.45, 2.75) is 40.2 Å². The SMILES string of the molecule is Cc1cccc(CNC(=O)C(C)C2CCN(C(=O)c3sc(-c4ccc(F)cc4)nc3C)CC2)c1. The lowest BCUT2D eigenvalue weighted by Gasteiger charge is -2.34. The number of hydrogen-bond donors (Lipinski definition) is 1. The van der Waals surface area contributed by atoms with Gasteiger partial charge in [-0.3, -0.25) is 9.59 Å². The van der Waals surface area contributed by atoms with Gasteiger partial charge < -0.3 is 10.2 Å². The molecule has 1 aliphatic heterocycles. The molecule has 1 aromatic heterocycles. The molecule has 0 aliphatic carbocycles. The molecule has 0 saturated carbocycles. The van der Waals surface area contributed by atoms with Gasteiger partial charge in [-0.1, -0.05) is 36.8 Å². The minimum absolute atomic E-state index is 0.0154. The molecule has 1 saturated heterocycles. The molecule has 0 bridgehead atoms. The fourth-order valence-electron chi connectivity index (χ4n) is 4.44. The smallest absolute Gasteiger partial charge is 0.265 e. The number of carbonyl (C=O) groups excluding carboxylic acids is 2. The van der Waals surface area contributed by atoms with Crippen LogP contribution in [0.5, 0.6) is 0 Å². The van der Waals surface area contributed by atoms with Crippen molar-refractivity contribution < 1.29 is 14.0 Å². The van der Waals surface area contributed by atoms with Crippen LogP contribution in [0.25, 0.3) is 10.6 Å². The Morgan fingerprint density at radius 2 is 1.85 bits per heavy atom. The van der Waals surface area contributed by atoms with Crippen LogP contribution < -0.4 is 5.32 Å². The summed E-state index contributed by atoms with van der Waals surface area (Å²) in [7, 11) is 0. The van der Waals surface area contributed by atoms with E-state index in [4.69, 9.17) is 0 Å². The van der Waals surface area contributed by atoms with E-state index in [9.17, 15) is 14.0 Å². The van der Waals surface area contributed by atoms with Gasteiger partial charge in [-0.25, -0.2) is 9.37 Å². The molecule has 1 aliphatic rings. The Hall–Kier alpha value is -3.06. The second-order valence-electron chi connectivity index (χ2n) is 9.07. The quantitative estimate of drug-likeness (QED) is 0.517. The summed E-state index contributed by atoms with van der Waals surface area (Å²) in [5.41, 5.74) is 3.77. The first-order valence-corrected chi connectivity index (χ1v) is 12.5. The molecule has 5 nitrogen and oxygen atoms in total. The van der Waals surface area contributed by atoms with Gasteiger partial charge in [0.1, 0.15) is 15.7 Å². The predicted molar refractivity (Wildman–Crippen MR) is 133 cm³/mol. The van der Waals surface area contributed by atoms with Crippen LogP contribution in [-0.2, 0) is 11.3 Å². The zero-order valence-corrected chi connectivity index (χ0v) is 20.6. The summed E-state index contributed by atoms with van der Waals surface area (Å²) < 4.78 is 13.2. The molecule has 1 unspecified atom stereocenters. The van der Waals surface area contributed by atoms with Crippen molar-refractivity contribution in [3.63, 3.8) is 0 Å². The minimum atomic E-state index is -0.297. The van der Waals surface area contributed by atoms with Crippen LogP contribution in [-0.4, -0.2) is 34.8 Å². The van der Waals surface area contributed by atoms with Crippen molar-refractivity contribution in [3.05, 3.63) is 76.0 Å². The number of nitrogens with zero attached hydrogens (tertiary/aromatic N) is 2. The molecule has 1 fully saturated rings. The van der Waals surface area contributed by atoms with Crippen molar-refractivity contribution >= 4 is 23.2 Å². The maximum Gasteiger partial charge on any atom is 0.265 e. The first-order valence-electron chi connectivity index (χ1n) is 11.7. The highest BCUT2D eigenvalue weighted by Gasteiger charge is 2.31. The number of nitrogens with one attached hydrogen (secondary N) is 1. The second-order valence-corrected chi connectivity index (χ2v) is 10.1. The standard InChI is InChI=1S/C27H30FN3O2S/c1-17-5-4-6-20(15-17)16-29-25(32)18(2)21-11-13-31(14-12-21)27(33)24-19(3)30-26(34-24)22-7-9-23(28)10-8-22/h4-10,15,18,21H,11-14,16H2,1-3H3,(H,29,32). The Kier molecular flexibility index (Phi) is 7.41. The number of rotatable bonds is 6. The van der Waals surface area contributed by atoms with E-state index in [1.165, 1.54) is 29.0 Å². The number of amides is 2. The van der Waals surface area contributed by atoms with Crippen LogP contribution in [0.3, 0.4) is 0 Å². The highest BCUT2D eigenvalue weighted by Crippen LogP contribution is 2.31. The average molecular weight is 480 g/mol. The topological polar surface area (TPSA) is 62.3 Å². The largest absolute Gasteiger partial charge is 0.352 e. The van der Waals surface area contributed by atoms with Gasteiger partial charge in [0, 0.05) is 31.1 Å². The van der Waals surface area contributed by atoms with E-state index in [-0.39, 0.29) is 29.5 Å². The third kappa shape index (κ3) is 5.53. The molecule has 4 rings (SSSR count). The Morgan fingerprint density at radius 1 is 1.15 bits per heavy atom. The molecule has 34 heavy (non-hydrogen) atoms. The lowest BCUT2D eigenvalue weighted by Crippen LogP contribution is -2.42. The van der Waals surface area contributed by atoms with Crippen LogP contribution in [0, 0.1) is 31.5 Å². The Labute approximate surface area is 204 Å². The fraction of sp³-hybridized carbons (Fsp3) is 0.370. The average Bonchev–Trinajstić information content (AvgIpc) is 3.23. The molecule has 2 amide bonds. The van der Waals surface area contributed by atoms with E-state index in [0.717, 1.165) is 29.0 Å². The summed E-state index contributed by atoms with van der Waals surface area (Å²) in [6.45, 7) is 7.65. The zero-order chi connectivity index (χ0) is 24.2. The maximum atomic E-state index is 13.2. The zero-order valence-electron chi connectivity index (χ0n) is 19.8. The monoisotopic (exact) mass is 479 g/mol. The highest BCUT2D eigenvalue weighted by atomic mass is 32.1. The lowest BCUT2D eigenvalue weighted by molar-refractivity contribution is -0.126. The number of aromatic nitrogens is 1. The number of benzene rings is 2. The van der Waals surface area contributed by atoms with Crippen molar-refractivity contribution in [1.29, 1.82) is 0 Å². The molecule has 1 N–H and O–H groups in total. The van der Waals surface area contributed by atoms with Crippen LogP contribution in [0.4, 0.5) is 4.39 Å². The Morgan fingerprint density at radius 3 is 2.53 bits per heavy atom. The normalized spacial score (nSPS) is 15.2. The molecule has 0 radical (unpaired) electrons. The van der Waals surface area contributed by atoms with E-state index in [1.54, 1.807) is 12.1 Å². The first-order chi connectivity index (χ1) is 16.3. The Bertz CT molecular complexity index is 1170. The molecule has 0 spiro atoms. The van der Waals surface area contributed by atoms with Crippen LogP contribution in [0.2, 0.25) is 0 Å². The summed E-state index contributed by atoms with van der Waals surface area (Å²) >= 11 is 1.35. The van der Waals surface area contributed by atoms with E-state index in [0.29, 0.717) is 30.2 Å². The maximum absolute atomic E-state index is 13.2. The van der Waals surface area contributed by atoms with Gasteiger partial charge >= 0.3 is 0 Å². The first kappa shape index (κ1) is 24.1. The third-order valence-electron chi connectivity index (χ3n) is 6.58. The van der Waals surface area contributed by atoms with E-state index in [2.05, 4.69) is 16.4 Å². The highest BCUT2D eigenvalue weighted by molar-refractivity contribution is 7.17. The van der Waals surface area contributed by atoms with Gasteiger partial charge in [0.25, 0.3) is 5.91 Å². The van der Waals surface area contributed by atoms with Gasteiger partial charge in [-0.05, 0) is 62.4 Å². The predicted octanol–water partition coefficient (Wildman–Crippen LogP) is 5.37. The van der Waals surface area contributed by atoms with Crippen LogP contribution >= 0.6 is 11.3 Å². The van der Waals surface area contributed by atoms with Crippen molar-refractivity contribution in [2.24, 2.45) is 11.8 Å². The molecular weight excluding hydrogens is 449 g/mol. The summed E-state index contributed by atoms with van der Waals surface area (Å²) in [4.78, 5) is 32.9. The number of piperidine rings is 1. The number of likely N-dealkylation sites (tertiary alicyclic amines) is 1. The van der Waals surface area contributed by atoms with Gasteiger partial charge in [-0.15, -0.1) is 11.3 Å². The molecule has 2 heterocycles. The van der Waals surface area contributed by atoms with Crippen molar-refractivity contribution in [1.82, 2.24) is 15.2 Å². The Balaban J connectivity index is 1.32. The van der Waals surface area contributed by atoms with Crippen LogP contribution in [0.1, 0.15) is 46.3 Å². The summed E-state index contributed by atoms with van der Waals surface area (Å²) in [6, 6.07) is 14.3.